The van der Waals surface area contributed by atoms with Crippen LogP contribution in [0.15, 0.2) is 18.2 Å². The molecule has 78 valence electrons. The smallest absolute Gasteiger partial charge is 0.106 e. The number of aromatic nitrogens is 2. The van der Waals surface area contributed by atoms with Crippen molar-refractivity contribution < 1.29 is 0 Å². The summed E-state index contributed by atoms with van der Waals surface area (Å²) < 4.78 is 8.47. The number of hydrogen-bond acceptors (Lipinski definition) is 5. The molecule has 0 aliphatic carbocycles. The lowest BCUT2D eigenvalue weighted by atomic mass is 10.2. The van der Waals surface area contributed by atoms with Gasteiger partial charge in [-0.2, -0.15) is 8.75 Å². The highest BCUT2D eigenvalue weighted by Gasteiger charge is 2.11. The van der Waals surface area contributed by atoms with Crippen molar-refractivity contribution in [3.8, 4) is 0 Å². The lowest BCUT2D eigenvalue weighted by molar-refractivity contribution is 0.589. The molecule has 2 heterocycles. The minimum absolute atomic E-state index is 0.999. The molecule has 1 aliphatic rings. The van der Waals surface area contributed by atoms with E-state index in [4.69, 9.17) is 0 Å². The molecule has 4 nitrogen and oxygen atoms in total. The summed E-state index contributed by atoms with van der Waals surface area (Å²) in [6.45, 7) is 4.27. The lowest BCUT2D eigenvalue weighted by Gasteiger charge is -2.29. The maximum absolute atomic E-state index is 4.26. The summed E-state index contributed by atoms with van der Waals surface area (Å²) in [6.07, 6.45) is 0. The Labute approximate surface area is 92.2 Å². The third kappa shape index (κ3) is 1.68. The highest BCUT2D eigenvalue weighted by atomic mass is 32.1. The fourth-order valence-corrected chi connectivity index (χ4v) is 2.41. The summed E-state index contributed by atoms with van der Waals surface area (Å²) in [4.78, 5) is 2.38. The van der Waals surface area contributed by atoms with Gasteiger partial charge in [0.05, 0.1) is 11.7 Å². The first-order valence-corrected chi connectivity index (χ1v) is 5.84. The number of piperazine rings is 1. The predicted octanol–water partition coefficient (Wildman–Crippen LogP) is 1.10. The molecule has 15 heavy (non-hydrogen) atoms. The topological polar surface area (TPSA) is 41.1 Å². The molecule has 0 amide bonds. The van der Waals surface area contributed by atoms with Gasteiger partial charge in [-0.15, -0.1) is 0 Å². The molecule has 0 spiro atoms. The Bertz CT molecular complexity index is 461. The standard InChI is InChI=1S/C10H12N4S/c1-2-9-10(13-15-12-9)7-8(1)14-5-3-11-4-6-14/h1-2,7,11H,3-6H2. The second kappa shape index (κ2) is 3.75. The highest BCUT2D eigenvalue weighted by Crippen LogP contribution is 2.20. The van der Waals surface area contributed by atoms with Gasteiger partial charge in [0.2, 0.25) is 0 Å². The Morgan fingerprint density at radius 2 is 1.93 bits per heavy atom. The van der Waals surface area contributed by atoms with E-state index in [1.165, 1.54) is 17.4 Å². The molecule has 5 heteroatoms. The molecule has 0 radical (unpaired) electrons. The van der Waals surface area contributed by atoms with E-state index in [1.54, 1.807) is 0 Å². The first kappa shape index (κ1) is 9.06. The monoisotopic (exact) mass is 220 g/mol. The van der Waals surface area contributed by atoms with E-state index in [0.717, 1.165) is 37.2 Å². The highest BCUT2D eigenvalue weighted by molar-refractivity contribution is 7.00. The van der Waals surface area contributed by atoms with E-state index >= 15 is 0 Å². The van der Waals surface area contributed by atoms with E-state index in [2.05, 4.69) is 37.2 Å². The number of hydrogen-bond donors (Lipinski definition) is 1. The van der Waals surface area contributed by atoms with Crippen LogP contribution in [-0.4, -0.2) is 34.9 Å². The van der Waals surface area contributed by atoms with Crippen molar-refractivity contribution in [3.63, 3.8) is 0 Å². The van der Waals surface area contributed by atoms with Gasteiger partial charge >= 0.3 is 0 Å². The van der Waals surface area contributed by atoms with Gasteiger partial charge < -0.3 is 10.2 Å². The Balaban J connectivity index is 1.95. The van der Waals surface area contributed by atoms with Crippen molar-refractivity contribution in [2.75, 3.05) is 31.1 Å². The quantitative estimate of drug-likeness (QED) is 0.781. The van der Waals surface area contributed by atoms with E-state index in [9.17, 15) is 0 Å². The zero-order chi connectivity index (χ0) is 10.1. The lowest BCUT2D eigenvalue weighted by Crippen LogP contribution is -2.43. The van der Waals surface area contributed by atoms with Crippen LogP contribution < -0.4 is 10.2 Å². The predicted molar refractivity (Wildman–Crippen MR) is 62.5 cm³/mol. The molecule has 0 unspecified atom stereocenters. The average molecular weight is 220 g/mol. The Kier molecular flexibility index (Phi) is 2.26. The van der Waals surface area contributed by atoms with Gasteiger partial charge in [-0.05, 0) is 18.2 Å². The maximum Gasteiger partial charge on any atom is 0.106 e. The molecule has 1 fully saturated rings. The minimum atomic E-state index is 0.999. The number of rotatable bonds is 1. The van der Waals surface area contributed by atoms with Crippen LogP contribution in [0.4, 0.5) is 5.69 Å². The van der Waals surface area contributed by atoms with Gasteiger partial charge in [0.1, 0.15) is 11.0 Å². The van der Waals surface area contributed by atoms with E-state index in [-0.39, 0.29) is 0 Å². The van der Waals surface area contributed by atoms with Gasteiger partial charge in [0.25, 0.3) is 0 Å². The molecule has 2 aromatic rings. The van der Waals surface area contributed by atoms with Gasteiger partial charge in [0, 0.05) is 31.9 Å². The number of benzene rings is 1. The second-order valence-corrected chi connectivity index (χ2v) is 4.20. The van der Waals surface area contributed by atoms with Crippen molar-refractivity contribution in [2.45, 2.75) is 0 Å². The van der Waals surface area contributed by atoms with Gasteiger partial charge in [-0.3, -0.25) is 0 Å². The molecule has 1 aromatic carbocycles. The first-order valence-electron chi connectivity index (χ1n) is 5.11. The average Bonchev–Trinajstić information content (AvgIpc) is 2.77. The first-order chi connectivity index (χ1) is 7.43. The summed E-state index contributed by atoms with van der Waals surface area (Å²) in [5, 5.41) is 3.35. The Hall–Kier alpha value is -1.20. The third-order valence-electron chi connectivity index (χ3n) is 2.72. The largest absolute Gasteiger partial charge is 0.369 e. The van der Waals surface area contributed by atoms with E-state index in [1.807, 2.05) is 0 Å². The third-order valence-corrected chi connectivity index (χ3v) is 3.28. The summed E-state index contributed by atoms with van der Waals surface area (Å²) in [5.41, 5.74) is 3.27. The fraction of sp³-hybridized carbons (Fsp3) is 0.400. The van der Waals surface area contributed by atoms with Crippen LogP contribution >= 0.6 is 11.7 Å². The van der Waals surface area contributed by atoms with Crippen molar-refractivity contribution in [2.24, 2.45) is 0 Å². The number of anilines is 1. The van der Waals surface area contributed by atoms with Crippen LogP contribution in [0, 0.1) is 0 Å². The van der Waals surface area contributed by atoms with Crippen LogP contribution in [0.3, 0.4) is 0 Å². The van der Waals surface area contributed by atoms with Crippen LogP contribution in [0.1, 0.15) is 0 Å². The van der Waals surface area contributed by atoms with Crippen molar-refractivity contribution in [3.05, 3.63) is 18.2 Å². The van der Waals surface area contributed by atoms with Crippen molar-refractivity contribution >= 4 is 28.4 Å². The molecule has 0 saturated carbocycles. The number of nitrogens with zero attached hydrogens (tertiary/aromatic N) is 3. The van der Waals surface area contributed by atoms with Crippen LogP contribution in [-0.2, 0) is 0 Å². The summed E-state index contributed by atoms with van der Waals surface area (Å²) in [5.74, 6) is 0. The van der Waals surface area contributed by atoms with Crippen molar-refractivity contribution in [1.82, 2.24) is 14.1 Å². The summed E-state index contributed by atoms with van der Waals surface area (Å²) >= 11 is 1.28. The molecule has 1 saturated heterocycles. The van der Waals surface area contributed by atoms with Gasteiger partial charge in [-0.25, -0.2) is 0 Å². The van der Waals surface area contributed by atoms with Crippen LogP contribution in [0.5, 0.6) is 0 Å². The molecule has 1 aliphatic heterocycles. The summed E-state index contributed by atoms with van der Waals surface area (Å²) in [6, 6.07) is 6.31. The Morgan fingerprint density at radius 1 is 1.13 bits per heavy atom. The fourth-order valence-electron chi connectivity index (χ4n) is 1.89. The second-order valence-electron chi connectivity index (χ2n) is 3.67. The molecule has 0 atom stereocenters. The zero-order valence-corrected chi connectivity index (χ0v) is 9.13. The summed E-state index contributed by atoms with van der Waals surface area (Å²) in [7, 11) is 0. The zero-order valence-electron chi connectivity index (χ0n) is 8.31. The van der Waals surface area contributed by atoms with Crippen LogP contribution in [0.2, 0.25) is 0 Å². The van der Waals surface area contributed by atoms with Crippen molar-refractivity contribution in [1.29, 1.82) is 0 Å². The number of fused-ring (bicyclic) bond motifs is 1. The molecular weight excluding hydrogens is 208 g/mol. The molecule has 1 aromatic heterocycles. The molecular formula is C10H12N4S. The molecule has 0 bridgehead atoms. The number of nitrogens with one attached hydrogen (secondary N) is 1. The van der Waals surface area contributed by atoms with Gasteiger partial charge in [0.15, 0.2) is 0 Å². The van der Waals surface area contributed by atoms with E-state index in [0.29, 0.717) is 0 Å². The minimum Gasteiger partial charge on any atom is -0.369 e. The van der Waals surface area contributed by atoms with Gasteiger partial charge in [-0.1, -0.05) is 0 Å². The maximum atomic E-state index is 4.26. The van der Waals surface area contributed by atoms with E-state index < -0.39 is 0 Å². The molecule has 1 N–H and O–H groups in total. The molecule has 3 rings (SSSR count). The van der Waals surface area contributed by atoms with Crippen LogP contribution in [0.25, 0.3) is 11.0 Å². The SMILES string of the molecule is c1cc2nsnc2cc1N1CCNCC1. The normalized spacial score (nSPS) is 17.2. The Morgan fingerprint density at radius 3 is 2.80 bits per heavy atom.